The smallest absolute Gasteiger partial charge is 0.0587 e. The van der Waals surface area contributed by atoms with Crippen molar-refractivity contribution in [1.82, 2.24) is 5.32 Å². The van der Waals surface area contributed by atoms with Crippen LogP contribution in [0, 0.1) is 5.92 Å². The van der Waals surface area contributed by atoms with Crippen molar-refractivity contribution in [3.63, 3.8) is 0 Å². The summed E-state index contributed by atoms with van der Waals surface area (Å²) in [5.74, 6) is 0.463. The molecule has 1 aromatic rings. The molecule has 1 rings (SSSR count). The summed E-state index contributed by atoms with van der Waals surface area (Å²) in [6, 6.07) is 11.2. The lowest BCUT2D eigenvalue weighted by atomic mass is 9.99. The Morgan fingerprint density at radius 2 is 1.82 bits per heavy atom. The Kier molecular flexibility index (Phi) is 6.23. The van der Waals surface area contributed by atoms with Crippen molar-refractivity contribution in [3.8, 4) is 0 Å². The zero-order valence-corrected chi connectivity index (χ0v) is 11.2. The molecule has 0 aliphatic rings. The van der Waals surface area contributed by atoms with Gasteiger partial charge in [0.2, 0.25) is 0 Å². The van der Waals surface area contributed by atoms with E-state index in [0.29, 0.717) is 12.0 Å². The lowest BCUT2D eigenvalue weighted by molar-refractivity contribution is 0.197. The molecular weight excluding hydrogens is 210 g/mol. The molecule has 2 nitrogen and oxygen atoms in total. The van der Waals surface area contributed by atoms with Gasteiger partial charge in [-0.3, -0.25) is 0 Å². The fourth-order valence-corrected chi connectivity index (χ4v) is 1.98. The average Bonchev–Trinajstić information content (AvgIpc) is 2.35. The molecule has 0 aromatic heterocycles. The minimum absolute atomic E-state index is 0.198. The Balaban J connectivity index is 2.54. The molecule has 1 unspecified atom stereocenters. The van der Waals surface area contributed by atoms with Crippen LogP contribution in [0.25, 0.3) is 0 Å². The van der Waals surface area contributed by atoms with Gasteiger partial charge >= 0.3 is 0 Å². The van der Waals surface area contributed by atoms with Gasteiger partial charge in [-0.15, -0.1) is 0 Å². The Hall–Kier alpha value is -0.860. The fourth-order valence-electron chi connectivity index (χ4n) is 1.98. The first-order valence-corrected chi connectivity index (χ1v) is 6.58. The van der Waals surface area contributed by atoms with E-state index in [1.54, 1.807) is 0 Å². The molecule has 2 atom stereocenters. The van der Waals surface area contributed by atoms with Crippen LogP contribution in [0.3, 0.4) is 0 Å². The van der Waals surface area contributed by atoms with Gasteiger partial charge in [0, 0.05) is 12.1 Å². The second-order valence-corrected chi connectivity index (χ2v) is 4.99. The van der Waals surface area contributed by atoms with Crippen LogP contribution < -0.4 is 5.32 Å². The predicted molar refractivity (Wildman–Crippen MR) is 73.1 cm³/mol. The Morgan fingerprint density at radius 1 is 1.18 bits per heavy atom. The van der Waals surface area contributed by atoms with E-state index in [4.69, 9.17) is 0 Å². The second-order valence-electron chi connectivity index (χ2n) is 4.99. The van der Waals surface area contributed by atoms with Crippen molar-refractivity contribution in [2.24, 2.45) is 5.92 Å². The maximum absolute atomic E-state index is 9.34. The molecular formula is C15H25NO. The van der Waals surface area contributed by atoms with Crippen LogP contribution in [0.1, 0.15) is 32.8 Å². The predicted octanol–water partition coefficient (Wildman–Crippen LogP) is 2.61. The van der Waals surface area contributed by atoms with E-state index in [9.17, 15) is 5.11 Å². The lowest BCUT2D eigenvalue weighted by Crippen LogP contribution is -2.44. The van der Waals surface area contributed by atoms with Gasteiger partial charge in [-0.1, -0.05) is 51.1 Å². The molecule has 1 aromatic carbocycles. The van der Waals surface area contributed by atoms with E-state index in [0.717, 1.165) is 12.8 Å². The number of aliphatic hydroxyl groups excluding tert-OH is 1. The Labute approximate surface area is 105 Å². The Morgan fingerprint density at radius 3 is 2.29 bits per heavy atom. The van der Waals surface area contributed by atoms with Crippen molar-refractivity contribution >= 4 is 0 Å². The van der Waals surface area contributed by atoms with E-state index in [1.165, 1.54) is 5.56 Å². The molecule has 0 amide bonds. The minimum atomic E-state index is 0.198. The summed E-state index contributed by atoms with van der Waals surface area (Å²) in [6.07, 6.45) is 2.11. The van der Waals surface area contributed by atoms with Crippen LogP contribution in [0.5, 0.6) is 0 Å². The van der Waals surface area contributed by atoms with E-state index in [1.807, 2.05) is 6.07 Å². The molecule has 0 aliphatic carbocycles. The molecule has 0 saturated carbocycles. The molecule has 0 saturated heterocycles. The van der Waals surface area contributed by atoms with Crippen molar-refractivity contribution in [2.75, 3.05) is 6.61 Å². The van der Waals surface area contributed by atoms with Crippen molar-refractivity contribution in [2.45, 2.75) is 45.7 Å². The average molecular weight is 235 g/mol. The van der Waals surface area contributed by atoms with Gasteiger partial charge in [0.05, 0.1) is 6.61 Å². The molecule has 0 spiro atoms. The fraction of sp³-hybridized carbons (Fsp3) is 0.600. The van der Waals surface area contributed by atoms with Gasteiger partial charge in [0.15, 0.2) is 0 Å². The Bertz CT molecular complexity index is 297. The van der Waals surface area contributed by atoms with Gasteiger partial charge in [0.1, 0.15) is 0 Å². The number of rotatable bonds is 7. The molecule has 0 fully saturated rings. The number of benzene rings is 1. The number of hydrogen-bond acceptors (Lipinski definition) is 2. The normalized spacial score (nSPS) is 14.9. The lowest BCUT2D eigenvalue weighted by Gasteiger charge is -2.26. The summed E-state index contributed by atoms with van der Waals surface area (Å²) >= 11 is 0. The SMILES string of the molecule is CCC(Cc1ccccc1)N[C@H](CO)C(C)C. The summed E-state index contributed by atoms with van der Waals surface area (Å²) in [7, 11) is 0. The highest BCUT2D eigenvalue weighted by atomic mass is 16.3. The van der Waals surface area contributed by atoms with Crippen LogP contribution in [0.4, 0.5) is 0 Å². The molecule has 2 N–H and O–H groups in total. The van der Waals surface area contributed by atoms with Gasteiger partial charge < -0.3 is 10.4 Å². The van der Waals surface area contributed by atoms with Crippen molar-refractivity contribution in [3.05, 3.63) is 35.9 Å². The van der Waals surface area contributed by atoms with Gasteiger partial charge in [-0.25, -0.2) is 0 Å². The quantitative estimate of drug-likeness (QED) is 0.761. The van der Waals surface area contributed by atoms with E-state index in [2.05, 4.69) is 50.4 Å². The maximum atomic E-state index is 9.34. The van der Waals surface area contributed by atoms with Gasteiger partial charge in [0.25, 0.3) is 0 Å². The summed E-state index contributed by atoms with van der Waals surface area (Å²) in [4.78, 5) is 0. The number of nitrogens with one attached hydrogen (secondary N) is 1. The first-order chi connectivity index (χ1) is 8.17. The molecule has 2 heteroatoms. The first kappa shape index (κ1) is 14.2. The molecule has 0 heterocycles. The van der Waals surface area contributed by atoms with Gasteiger partial charge in [-0.05, 0) is 24.3 Å². The standard InChI is InChI=1S/C15H25NO/c1-4-14(16-15(11-17)12(2)3)10-13-8-6-5-7-9-13/h5-9,12,14-17H,4,10-11H2,1-3H3/t14?,15-/m1/s1. The summed E-state index contributed by atoms with van der Waals surface area (Å²) in [5, 5.41) is 12.9. The minimum Gasteiger partial charge on any atom is -0.395 e. The van der Waals surface area contributed by atoms with E-state index < -0.39 is 0 Å². The molecule has 96 valence electrons. The first-order valence-electron chi connectivity index (χ1n) is 6.58. The molecule has 0 radical (unpaired) electrons. The highest BCUT2D eigenvalue weighted by molar-refractivity contribution is 5.15. The summed E-state index contributed by atoms with van der Waals surface area (Å²) < 4.78 is 0. The van der Waals surface area contributed by atoms with Gasteiger partial charge in [-0.2, -0.15) is 0 Å². The third-order valence-electron chi connectivity index (χ3n) is 3.27. The summed E-state index contributed by atoms with van der Waals surface area (Å²) in [5.41, 5.74) is 1.35. The highest BCUT2D eigenvalue weighted by Crippen LogP contribution is 2.09. The second kappa shape index (κ2) is 7.46. The molecule has 0 aliphatic heterocycles. The van der Waals surface area contributed by atoms with E-state index >= 15 is 0 Å². The molecule has 0 bridgehead atoms. The monoisotopic (exact) mass is 235 g/mol. The van der Waals surface area contributed by atoms with Crippen LogP contribution >= 0.6 is 0 Å². The van der Waals surface area contributed by atoms with Crippen molar-refractivity contribution in [1.29, 1.82) is 0 Å². The number of hydrogen-bond donors (Lipinski definition) is 2. The van der Waals surface area contributed by atoms with Crippen LogP contribution in [-0.2, 0) is 6.42 Å². The highest BCUT2D eigenvalue weighted by Gasteiger charge is 2.16. The zero-order chi connectivity index (χ0) is 12.7. The zero-order valence-electron chi connectivity index (χ0n) is 11.2. The van der Waals surface area contributed by atoms with Crippen LogP contribution in [0.15, 0.2) is 30.3 Å². The summed E-state index contributed by atoms with van der Waals surface area (Å²) in [6.45, 7) is 6.69. The van der Waals surface area contributed by atoms with E-state index in [-0.39, 0.29) is 12.6 Å². The third-order valence-corrected chi connectivity index (χ3v) is 3.27. The topological polar surface area (TPSA) is 32.3 Å². The van der Waals surface area contributed by atoms with Crippen LogP contribution in [-0.4, -0.2) is 23.8 Å². The number of aliphatic hydroxyl groups is 1. The third kappa shape index (κ3) is 4.88. The van der Waals surface area contributed by atoms with Crippen LogP contribution in [0.2, 0.25) is 0 Å². The largest absolute Gasteiger partial charge is 0.395 e. The van der Waals surface area contributed by atoms with Crippen molar-refractivity contribution < 1.29 is 5.11 Å². The molecule has 17 heavy (non-hydrogen) atoms. The maximum Gasteiger partial charge on any atom is 0.0587 e.